The fourth-order valence-electron chi connectivity index (χ4n) is 2.07. The average molecular weight is 268 g/mol. The van der Waals surface area contributed by atoms with Crippen molar-refractivity contribution in [3.05, 3.63) is 29.8 Å². The molecule has 0 radical (unpaired) electrons. The van der Waals surface area contributed by atoms with Gasteiger partial charge in [-0.05, 0) is 36.6 Å². The van der Waals surface area contributed by atoms with Gasteiger partial charge in [0, 0.05) is 12.6 Å². The summed E-state index contributed by atoms with van der Waals surface area (Å²) in [4.78, 5) is 0.346. The third kappa shape index (κ3) is 3.10. The molecule has 2 N–H and O–H groups in total. The fraction of sp³-hybridized carbons (Fsp3) is 0.538. The summed E-state index contributed by atoms with van der Waals surface area (Å²) in [5, 5.41) is 3.14. The van der Waals surface area contributed by atoms with E-state index >= 15 is 0 Å². The summed E-state index contributed by atoms with van der Waals surface area (Å²) in [5.41, 5.74) is 1.15. The smallest absolute Gasteiger partial charge is 0.240 e. The van der Waals surface area contributed by atoms with Crippen LogP contribution in [0.3, 0.4) is 0 Å². The molecule has 0 bridgehead atoms. The first-order valence-corrected chi connectivity index (χ1v) is 7.80. The Morgan fingerprint density at radius 2 is 1.94 bits per heavy atom. The maximum absolute atomic E-state index is 12.1. The molecule has 1 aromatic carbocycles. The van der Waals surface area contributed by atoms with Crippen molar-refractivity contribution >= 4 is 10.0 Å². The zero-order valence-corrected chi connectivity index (χ0v) is 11.6. The lowest BCUT2D eigenvalue weighted by Gasteiger charge is -2.13. The zero-order valence-electron chi connectivity index (χ0n) is 10.8. The maximum atomic E-state index is 12.1. The molecule has 0 unspecified atom stereocenters. The number of sulfonamides is 1. The maximum Gasteiger partial charge on any atom is 0.240 e. The van der Waals surface area contributed by atoms with Crippen LogP contribution in [0.2, 0.25) is 0 Å². The van der Waals surface area contributed by atoms with Gasteiger partial charge in [-0.3, -0.25) is 0 Å². The molecule has 1 aliphatic heterocycles. The van der Waals surface area contributed by atoms with E-state index in [1.807, 2.05) is 12.1 Å². The van der Waals surface area contributed by atoms with Gasteiger partial charge in [0.25, 0.3) is 0 Å². The topological polar surface area (TPSA) is 58.2 Å². The third-order valence-electron chi connectivity index (χ3n) is 3.24. The van der Waals surface area contributed by atoms with E-state index in [-0.39, 0.29) is 6.04 Å². The van der Waals surface area contributed by atoms with E-state index in [0.29, 0.717) is 17.4 Å². The van der Waals surface area contributed by atoms with Crippen molar-refractivity contribution in [1.29, 1.82) is 0 Å². The third-order valence-corrected chi connectivity index (χ3v) is 4.78. The van der Waals surface area contributed by atoms with Crippen molar-refractivity contribution < 1.29 is 8.42 Å². The lowest BCUT2D eigenvalue weighted by molar-refractivity contribution is 0.560. The minimum absolute atomic E-state index is 0.0137. The van der Waals surface area contributed by atoms with Crippen LogP contribution in [-0.4, -0.2) is 27.5 Å². The van der Waals surface area contributed by atoms with Crippen LogP contribution in [0.4, 0.5) is 0 Å². The van der Waals surface area contributed by atoms with E-state index in [9.17, 15) is 8.42 Å². The van der Waals surface area contributed by atoms with Gasteiger partial charge in [-0.15, -0.1) is 0 Å². The van der Waals surface area contributed by atoms with Gasteiger partial charge in [0.1, 0.15) is 0 Å². The number of rotatable bonds is 4. The molecule has 0 spiro atoms. The van der Waals surface area contributed by atoms with E-state index in [0.717, 1.165) is 18.5 Å². The van der Waals surface area contributed by atoms with Crippen molar-refractivity contribution in [3.63, 3.8) is 0 Å². The Morgan fingerprint density at radius 3 is 2.44 bits per heavy atom. The SMILES string of the molecule is CC(C)c1ccc(S(=O)(=O)N[C@H]2CCNC2)cc1. The summed E-state index contributed by atoms with van der Waals surface area (Å²) in [7, 11) is -3.38. The summed E-state index contributed by atoms with van der Waals surface area (Å²) in [6.45, 7) is 5.76. The predicted octanol–water partition coefficient (Wildman–Crippen LogP) is 1.45. The first-order chi connectivity index (χ1) is 8.49. The lowest BCUT2D eigenvalue weighted by Crippen LogP contribution is -2.36. The molecule has 18 heavy (non-hydrogen) atoms. The van der Waals surface area contributed by atoms with Gasteiger partial charge in [0.15, 0.2) is 0 Å². The highest BCUT2D eigenvalue weighted by molar-refractivity contribution is 7.89. The summed E-state index contributed by atoms with van der Waals surface area (Å²) >= 11 is 0. The largest absolute Gasteiger partial charge is 0.315 e. The summed E-state index contributed by atoms with van der Waals surface area (Å²) in [6, 6.07) is 7.14. The van der Waals surface area contributed by atoms with Crippen LogP contribution < -0.4 is 10.0 Å². The Bertz CT molecular complexity index is 488. The van der Waals surface area contributed by atoms with E-state index in [4.69, 9.17) is 0 Å². The quantitative estimate of drug-likeness (QED) is 0.869. The van der Waals surface area contributed by atoms with Gasteiger partial charge in [-0.1, -0.05) is 26.0 Å². The average Bonchev–Trinajstić information content (AvgIpc) is 2.81. The molecule has 1 saturated heterocycles. The number of hydrogen-bond donors (Lipinski definition) is 2. The van der Waals surface area contributed by atoms with Crippen molar-refractivity contribution in [2.45, 2.75) is 37.1 Å². The first-order valence-electron chi connectivity index (χ1n) is 6.32. The Labute approximate surface area is 109 Å². The van der Waals surface area contributed by atoms with Gasteiger partial charge in [0.2, 0.25) is 10.0 Å². The van der Waals surface area contributed by atoms with E-state index in [1.54, 1.807) is 12.1 Å². The molecule has 1 aromatic rings. The summed E-state index contributed by atoms with van der Waals surface area (Å²) < 4.78 is 27.0. The highest BCUT2D eigenvalue weighted by Crippen LogP contribution is 2.17. The highest BCUT2D eigenvalue weighted by atomic mass is 32.2. The molecular formula is C13H20N2O2S. The second-order valence-electron chi connectivity index (χ2n) is 5.03. The zero-order chi connectivity index (χ0) is 13.2. The molecule has 0 saturated carbocycles. The molecule has 0 aliphatic carbocycles. The van der Waals surface area contributed by atoms with Crippen LogP contribution in [0, 0.1) is 0 Å². The Kier molecular flexibility index (Phi) is 4.04. The predicted molar refractivity (Wildman–Crippen MR) is 72.1 cm³/mol. The van der Waals surface area contributed by atoms with Gasteiger partial charge in [-0.25, -0.2) is 13.1 Å². The number of nitrogens with one attached hydrogen (secondary N) is 2. The Balaban J connectivity index is 2.13. The highest BCUT2D eigenvalue weighted by Gasteiger charge is 2.22. The molecule has 1 atom stereocenters. The number of benzene rings is 1. The van der Waals surface area contributed by atoms with Gasteiger partial charge >= 0.3 is 0 Å². The van der Waals surface area contributed by atoms with Crippen molar-refractivity contribution in [2.75, 3.05) is 13.1 Å². The molecule has 0 amide bonds. The van der Waals surface area contributed by atoms with Crippen molar-refractivity contribution in [1.82, 2.24) is 10.0 Å². The lowest BCUT2D eigenvalue weighted by atomic mass is 10.0. The molecule has 1 aliphatic rings. The standard InChI is InChI=1S/C13H20N2O2S/c1-10(2)11-3-5-13(6-4-11)18(16,17)15-12-7-8-14-9-12/h3-6,10,12,14-15H,7-9H2,1-2H3/t12-/m0/s1. The molecule has 1 heterocycles. The second-order valence-corrected chi connectivity index (χ2v) is 6.75. The van der Waals surface area contributed by atoms with Crippen molar-refractivity contribution in [3.8, 4) is 0 Å². The Morgan fingerprint density at radius 1 is 1.28 bits per heavy atom. The molecule has 100 valence electrons. The number of hydrogen-bond acceptors (Lipinski definition) is 3. The van der Waals surface area contributed by atoms with Crippen LogP contribution in [0.15, 0.2) is 29.2 Å². The van der Waals surface area contributed by atoms with E-state index in [2.05, 4.69) is 23.9 Å². The van der Waals surface area contributed by atoms with Crippen LogP contribution in [0.1, 0.15) is 31.7 Å². The molecule has 1 fully saturated rings. The van der Waals surface area contributed by atoms with Crippen LogP contribution in [0.5, 0.6) is 0 Å². The fourth-order valence-corrected chi connectivity index (χ4v) is 3.35. The molecule has 4 nitrogen and oxygen atoms in total. The van der Waals surface area contributed by atoms with E-state index < -0.39 is 10.0 Å². The molecular weight excluding hydrogens is 248 g/mol. The molecule has 5 heteroatoms. The second kappa shape index (κ2) is 5.38. The van der Waals surface area contributed by atoms with Crippen molar-refractivity contribution in [2.24, 2.45) is 0 Å². The normalized spacial score (nSPS) is 20.5. The minimum atomic E-state index is -3.38. The monoisotopic (exact) mass is 268 g/mol. The minimum Gasteiger partial charge on any atom is -0.315 e. The Hall–Kier alpha value is -0.910. The van der Waals surface area contributed by atoms with E-state index in [1.165, 1.54) is 0 Å². The first kappa shape index (κ1) is 13.5. The van der Waals surface area contributed by atoms with Gasteiger partial charge in [-0.2, -0.15) is 0 Å². The van der Waals surface area contributed by atoms with Crippen LogP contribution >= 0.6 is 0 Å². The summed E-state index contributed by atoms with van der Waals surface area (Å²) in [5.74, 6) is 0.411. The molecule has 2 rings (SSSR count). The van der Waals surface area contributed by atoms with Crippen LogP contribution in [0.25, 0.3) is 0 Å². The van der Waals surface area contributed by atoms with Crippen LogP contribution in [-0.2, 0) is 10.0 Å². The van der Waals surface area contributed by atoms with Gasteiger partial charge in [0.05, 0.1) is 4.90 Å². The summed E-state index contributed by atoms with van der Waals surface area (Å²) in [6.07, 6.45) is 0.851. The van der Waals surface area contributed by atoms with Gasteiger partial charge < -0.3 is 5.32 Å². The molecule has 0 aromatic heterocycles.